The van der Waals surface area contributed by atoms with Crippen molar-refractivity contribution < 1.29 is 19.0 Å². The number of halogens is 1. The van der Waals surface area contributed by atoms with Crippen molar-refractivity contribution in [2.24, 2.45) is 11.3 Å². The van der Waals surface area contributed by atoms with E-state index < -0.39 is 5.60 Å². The van der Waals surface area contributed by atoms with E-state index in [9.17, 15) is 4.79 Å². The molecule has 1 atom stereocenters. The molecule has 1 amide bonds. The number of amides is 1. The van der Waals surface area contributed by atoms with Crippen molar-refractivity contribution in [2.45, 2.75) is 90.4 Å². The number of ether oxygens (including phenoxy) is 3. The zero-order valence-corrected chi connectivity index (χ0v) is 24.3. The number of alkyl carbamates (subject to hydrolysis) is 1. The number of thioether (sulfide) groups is 1. The first-order valence-corrected chi connectivity index (χ1v) is 15.0. The zero-order valence-electron chi connectivity index (χ0n) is 22.8. The van der Waals surface area contributed by atoms with Gasteiger partial charge in [0.15, 0.2) is 0 Å². The third kappa shape index (κ3) is 6.59. The average molecular weight is 549 g/mol. The van der Waals surface area contributed by atoms with Gasteiger partial charge in [-0.05, 0) is 112 Å². The molecule has 8 heteroatoms. The molecule has 1 aromatic carbocycles. The Labute approximate surface area is 230 Å². The molecule has 0 bridgehead atoms. The van der Waals surface area contributed by atoms with Crippen LogP contribution in [0, 0.1) is 11.3 Å². The molecule has 1 N–H and O–H groups in total. The maximum atomic E-state index is 12.8. The highest BCUT2D eigenvalue weighted by Crippen LogP contribution is 2.51. The number of nitrogens with one attached hydrogen (secondary N) is 1. The van der Waals surface area contributed by atoms with Gasteiger partial charge in [-0.1, -0.05) is 18.5 Å². The van der Waals surface area contributed by atoms with Gasteiger partial charge in [-0.2, -0.15) is 11.8 Å². The second kappa shape index (κ2) is 11.9. The van der Waals surface area contributed by atoms with Crippen molar-refractivity contribution in [3.05, 3.63) is 29.4 Å². The molecule has 2 aliphatic rings. The van der Waals surface area contributed by atoms with Crippen molar-refractivity contribution in [2.75, 3.05) is 18.6 Å². The van der Waals surface area contributed by atoms with E-state index in [-0.39, 0.29) is 23.7 Å². The highest BCUT2D eigenvalue weighted by atomic mass is 35.5. The van der Waals surface area contributed by atoms with Crippen LogP contribution in [0.5, 0.6) is 11.6 Å². The number of carbonyl (C=O) groups excluding carboxylic acids is 1. The molecule has 2 heterocycles. The maximum absolute atomic E-state index is 12.8. The van der Waals surface area contributed by atoms with Gasteiger partial charge in [0, 0.05) is 17.6 Å². The fourth-order valence-electron chi connectivity index (χ4n) is 6.24. The Bertz CT molecular complexity index is 1080. The Kier molecular flexibility index (Phi) is 9.05. The molecule has 0 unspecified atom stereocenters. The number of carbonyl (C=O) groups is 1. The molecule has 4 rings (SSSR count). The van der Waals surface area contributed by atoms with E-state index >= 15 is 0 Å². The number of aromatic nitrogens is 1. The number of methoxy groups -OCH3 is 1. The Morgan fingerprint density at radius 3 is 2.54 bits per heavy atom. The molecule has 0 radical (unpaired) electrons. The minimum atomic E-state index is -0.512. The van der Waals surface area contributed by atoms with Crippen LogP contribution in [0.25, 0.3) is 10.8 Å². The van der Waals surface area contributed by atoms with Gasteiger partial charge in [0.2, 0.25) is 5.88 Å². The van der Waals surface area contributed by atoms with Crippen molar-refractivity contribution >= 4 is 40.2 Å². The monoisotopic (exact) mass is 548 g/mol. The molecule has 1 aliphatic heterocycles. The molecule has 2 aromatic rings. The van der Waals surface area contributed by atoms with Crippen LogP contribution in [-0.4, -0.2) is 47.4 Å². The Hall–Kier alpha value is -1.86. The summed E-state index contributed by atoms with van der Waals surface area (Å²) < 4.78 is 17.5. The first kappa shape index (κ1) is 28.2. The van der Waals surface area contributed by atoms with Crippen molar-refractivity contribution in [1.82, 2.24) is 10.3 Å². The second-order valence-corrected chi connectivity index (χ2v) is 13.0. The highest BCUT2D eigenvalue weighted by Gasteiger charge is 2.48. The van der Waals surface area contributed by atoms with Gasteiger partial charge in [-0.15, -0.1) is 0 Å². The van der Waals surface area contributed by atoms with E-state index in [0.29, 0.717) is 22.6 Å². The minimum Gasteiger partial charge on any atom is -0.489 e. The largest absolute Gasteiger partial charge is 0.489 e. The number of nitrogens with zero attached hydrogens (tertiary/aromatic N) is 1. The molecule has 37 heavy (non-hydrogen) atoms. The Balaban J connectivity index is 1.51. The quantitative estimate of drug-likeness (QED) is 0.383. The summed E-state index contributed by atoms with van der Waals surface area (Å²) in [6.45, 7) is 7.92. The van der Waals surface area contributed by atoms with Crippen LogP contribution in [0.3, 0.4) is 0 Å². The second-order valence-electron chi connectivity index (χ2n) is 11.4. The van der Waals surface area contributed by atoms with E-state index in [0.717, 1.165) is 42.9 Å². The maximum Gasteiger partial charge on any atom is 0.407 e. The van der Waals surface area contributed by atoms with Gasteiger partial charge in [-0.3, -0.25) is 0 Å². The van der Waals surface area contributed by atoms with Gasteiger partial charge < -0.3 is 19.5 Å². The summed E-state index contributed by atoms with van der Waals surface area (Å²) >= 11 is 8.69. The van der Waals surface area contributed by atoms with Crippen LogP contribution in [0.2, 0.25) is 5.02 Å². The predicted molar refractivity (Wildman–Crippen MR) is 152 cm³/mol. The topological polar surface area (TPSA) is 69.7 Å². The van der Waals surface area contributed by atoms with Crippen LogP contribution in [-0.2, 0) is 4.74 Å². The summed E-state index contributed by atoms with van der Waals surface area (Å²) in [6.07, 6.45) is 8.71. The molecule has 1 saturated carbocycles. The van der Waals surface area contributed by atoms with Crippen molar-refractivity contribution in [3.8, 4) is 11.6 Å². The van der Waals surface area contributed by atoms with Gasteiger partial charge >= 0.3 is 6.09 Å². The number of fused-ring (bicyclic) bond motifs is 1. The van der Waals surface area contributed by atoms with Crippen molar-refractivity contribution in [1.29, 1.82) is 0 Å². The van der Waals surface area contributed by atoms with E-state index in [1.165, 1.54) is 24.3 Å². The first-order chi connectivity index (χ1) is 17.6. The fraction of sp³-hybridized carbons (Fsp3) is 0.655. The summed E-state index contributed by atoms with van der Waals surface area (Å²) in [5, 5.41) is 5.72. The van der Waals surface area contributed by atoms with Gasteiger partial charge in [-0.25, -0.2) is 9.78 Å². The van der Waals surface area contributed by atoms with Crippen molar-refractivity contribution in [3.63, 3.8) is 0 Å². The number of rotatable bonds is 7. The predicted octanol–water partition coefficient (Wildman–Crippen LogP) is 7.65. The summed E-state index contributed by atoms with van der Waals surface area (Å²) in [6, 6.07) is 5.90. The molecule has 1 aliphatic carbocycles. The first-order valence-electron chi connectivity index (χ1n) is 13.5. The number of pyridine rings is 1. The minimum absolute atomic E-state index is 0.0543. The molecule has 0 spiro atoms. The fourth-order valence-corrected chi connectivity index (χ4v) is 7.56. The van der Waals surface area contributed by atoms with Gasteiger partial charge in [0.05, 0.1) is 18.2 Å². The van der Waals surface area contributed by atoms with Gasteiger partial charge in [0.25, 0.3) is 0 Å². The van der Waals surface area contributed by atoms with E-state index in [4.69, 9.17) is 25.8 Å². The number of benzene rings is 1. The third-order valence-electron chi connectivity index (χ3n) is 7.96. The lowest BCUT2D eigenvalue weighted by Crippen LogP contribution is -2.55. The summed E-state index contributed by atoms with van der Waals surface area (Å²) in [7, 11) is 1.61. The molecule has 1 aromatic heterocycles. The van der Waals surface area contributed by atoms with E-state index in [2.05, 4.69) is 17.2 Å². The lowest BCUT2D eigenvalue weighted by atomic mass is 9.59. The smallest absolute Gasteiger partial charge is 0.407 e. The van der Waals surface area contributed by atoms with E-state index in [1.54, 1.807) is 13.3 Å². The molecular formula is C29H41ClN2O4S. The third-order valence-corrected chi connectivity index (χ3v) is 9.30. The lowest BCUT2D eigenvalue weighted by Gasteiger charge is -2.51. The average Bonchev–Trinajstić information content (AvgIpc) is 2.87. The Morgan fingerprint density at radius 2 is 1.92 bits per heavy atom. The summed E-state index contributed by atoms with van der Waals surface area (Å²) in [4.78, 5) is 17.1. The van der Waals surface area contributed by atoms with E-state index in [1.807, 2.05) is 50.7 Å². The number of hydrogen-bond acceptors (Lipinski definition) is 6. The van der Waals surface area contributed by atoms with Crippen LogP contribution in [0.1, 0.15) is 72.6 Å². The van der Waals surface area contributed by atoms with Crippen LogP contribution in [0.4, 0.5) is 4.79 Å². The number of hydrogen-bond donors (Lipinski definition) is 1. The lowest BCUT2D eigenvalue weighted by molar-refractivity contribution is -0.00762. The molecule has 2 fully saturated rings. The Morgan fingerprint density at radius 1 is 1.22 bits per heavy atom. The highest BCUT2D eigenvalue weighted by molar-refractivity contribution is 7.99. The SMILES string of the molecule is CC[C@@H](NC(=O)OC(C)(C)C)[C@]1(C2CCSCC2)CC[C@H](Oc2cc3ccnc(OC)c3cc2Cl)CC1. The standard InChI is InChI=1S/C29H41ClN2O4S/c1-6-25(32-27(33)36-28(2,3)4)29(20-10-15-37-16-11-20)12-7-21(8-13-29)35-24-17-19-9-14-31-26(34-5)22(19)18-23(24)30/h9,14,17-18,20-21,25H,6-8,10-13,15-16H2,1-5H3,(H,32,33)/t21-,25-,29+/m1/s1. The van der Waals surface area contributed by atoms with Gasteiger partial charge in [0.1, 0.15) is 11.4 Å². The van der Waals surface area contributed by atoms with Crippen LogP contribution >= 0.6 is 23.4 Å². The molecule has 6 nitrogen and oxygen atoms in total. The molecule has 204 valence electrons. The van der Waals surface area contributed by atoms with Crippen LogP contribution in [0.15, 0.2) is 24.4 Å². The zero-order chi connectivity index (χ0) is 26.6. The van der Waals surface area contributed by atoms with Crippen LogP contribution < -0.4 is 14.8 Å². The molecular weight excluding hydrogens is 508 g/mol. The summed E-state index contributed by atoms with van der Waals surface area (Å²) in [5.41, 5.74) is -0.458. The normalized spacial score (nSPS) is 23.9. The summed E-state index contributed by atoms with van der Waals surface area (Å²) in [5.74, 6) is 4.24. The molecule has 1 saturated heterocycles.